The van der Waals surface area contributed by atoms with Crippen LogP contribution in [0, 0.1) is 23.3 Å². The maximum Gasteiger partial charge on any atom is 0.183 e. The van der Waals surface area contributed by atoms with E-state index in [1.54, 1.807) is 70.0 Å². The summed E-state index contributed by atoms with van der Waals surface area (Å²) in [5.41, 5.74) is 2.72. The van der Waals surface area contributed by atoms with E-state index in [-0.39, 0.29) is 53.9 Å². The Kier molecular flexibility index (Phi) is 11.7. The molecule has 8 aromatic rings. The van der Waals surface area contributed by atoms with Crippen molar-refractivity contribution in [3.63, 3.8) is 0 Å². The summed E-state index contributed by atoms with van der Waals surface area (Å²) in [4.78, 5) is 16.2. The van der Waals surface area contributed by atoms with Crippen LogP contribution in [-0.4, -0.2) is 80.3 Å². The molecule has 0 bridgehead atoms. The van der Waals surface area contributed by atoms with Crippen molar-refractivity contribution in [3.05, 3.63) is 137 Å². The number of nitrogens with one attached hydrogen (secondary N) is 1. The van der Waals surface area contributed by atoms with Crippen molar-refractivity contribution in [2.45, 2.75) is 31.5 Å². The van der Waals surface area contributed by atoms with Crippen LogP contribution in [0.3, 0.4) is 0 Å². The first kappa shape index (κ1) is 40.0. The van der Waals surface area contributed by atoms with Crippen LogP contribution in [0.25, 0.3) is 45.8 Å². The number of benzene rings is 2. The predicted octanol–water partition coefficient (Wildman–Crippen LogP) is 7.25. The van der Waals surface area contributed by atoms with Gasteiger partial charge in [0.05, 0.1) is 42.5 Å². The lowest BCUT2D eigenvalue weighted by Gasteiger charge is -2.32. The highest BCUT2D eigenvalue weighted by Gasteiger charge is 2.30. The maximum absolute atomic E-state index is 14.4. The first-order valence-corrected chi connectivity index (χ1v) is 18.7. The topological polar surface area (TPSA) is 181 Å². The second-order valence-corrected chi connectivity index (χ2v) is 13.9. The van der Waals surface area contributed by atoms with E-state index in [0.29, 0.717) is 71.3 Å². The van der Waals surface area contributed by atoms with E-state index in [9.17, 15) is 22.7 Å². The molecule has 6 aromatic heterocycles. The minimum absolute atomic E-state index is 0.0449. The third-order valence-electron chi connectivity index (χ3n) is 9.43. The van der Waals surface area contributed by atoms with Gasteiger partial charge in [-0.05, 0) is 24.3 Å². The Labute approximate surface area is 342 Å². The Morgan fingerprint density at radius 1 is 0.667 bits per heavy atom. The molecular weight excluding hydrogens is 810 g/mol. The molecule has 0 saturated carbocycles. The van der Waals surface area contributed by atoms with Gasteiger partial charge in [0.1, 0.15) is 46.9 Å². The van der Waals surface area contributed by atoms with Crippen molar-refractivity contribution in [1.29, 1.82) is 0 Å². The smallest absolute Gasteiger partial charge is 0.183 e. The average molecular weight is 842 g/mol. The van der Waals surface area contributed by atoms with Crippen LogP contribution in [0.15, 0.2) is 107 Å². The molecule has 2 N–H and O–H groups in total. The molecule has 2 aromatic carbocycles. The Morgan fingerprint density at radius 2 is 1.18 bits per heavy atom. The van der Waals surface area contributed by atoms with Crippen molar-refractivity contribution in [2.75, 3.05) is 25.1 Å². The monoisotopic (exact) mass is 841 g/mol. The van der Waals surface area contributed by atoms with Gasteiger partial charge in [0.25, 0.3) is 0 Å². The number of aliphatic hydroxyl groups is 1. The van der Waals surface area contributed by atoms with Crippen LogP contribution >= 0.6 is 11.6 Å². The largest absolute Gasteiger partial charge is 0.388 e. The molecule has 306 valence electrons. The zero-order chi connectivity index (χ0) is 41.6. The fraction of sp³-hybridized carbons (Fsp3) is 0.200. The molecule has 9 rings (SSSR count). The van der Waals surface area contributed by atoms with Gasteiger partial charge in [0.2, 0.25) is 0 Å². The molecule has 1 aliphatic rings. The first-order chi connectivity index (χ1) is 29.1. The van der Waals surface area contributed by atoms with Crippen molar-refractivity contribution < 1.29 is 36.5 Å². The zero-order valence-electron chi connectivity index (χ0n) is 31.2. The molecule has 1 fully saturated rings. The van der Waals surface area contributed by atoms with Crippen molar-refractivity contribution in [2.24, 2.45) is 0 Å². The molecule has 0 aliphatic carbocycles. The van der Waals surface area contributed by atoms with Gasteiger partial charge < -0.3 is 24.2 Å². The standard InChI is InChI=1S/C23H22F2N6O3.C17H10ClF2N5O/c24-16-4-2-1-3-15(16)13-31-20(18-5-8-34-30-18)11-19(29-31)22-26-12-17(25)21(28-22)27-14-23(32)6-9-33-10-7-23;18-16-12(20)8-21-17(22-16)14-7-15(13-5-6-26-24-13)25(23-14)9-10-3-1-2-4-11(10)19/h1-5,8,11-12,32H,6-7,9-10,13-14H2,(H,26,27,28);1-8H,9H2. The summed E-state index contributed by atoms with van der Waals surface area (Å²) in [6, 6.07) is 19.4. The first-order valence-electron chi connectivity index (χ1n) is 18.3. The van der Waals surface area contributed by atoms with E-state index in [4.69, 9.17) is 25.4 Å². The predicted molar refractivity (Wildman–Crippen MR) is 207 cm³/mol. The Morgan fingerprint density at radius 3 is 1.68 bits per heavy atom. The molecule has 7 heterocycles. The van der Waals surface area contributed by atoms with Crippen LogP contribution in [0.5, 0.6) is 0 Å². The Bertz CT molecular complexity index is 2710. The number of rotatable bonds is 11. The molecule has 20 heteroatoms. The number of aromatic nitrogens is 10. The minimum atomic E-state index is -1.00. The van der Waals surface area contributed by atoms with Crippen LogP contribution in [-0.2, 0) is 17.8 Å². The average Bonchev–Trinajstić information content (AvgIpc) is 4.09. The molecule has 0 spiro atoms. The summed E-state index contributed by atoms with van der Waals surface area (Å²) in [7, 11) is 0. The molecule has 1 aliphatic heterocycles. The number of halogens is 5. The van der Waals surface area contributed by atoms with Gasteiger partial charge in [-0.15, -0.1) is 0 Å². The second-order valence-electron chi connectivity index (χ2n) is 13.5. The summed E-state index contributed by atoms with van der Waals surface area (Å²) in [5.74, 6) is -1.82. The van der Waals surface area contributed by atoms with E-state index < -0.39 is 17.2 Å². The summed E-state index contributed by atoms with van der Waals surface area (Å²) in [6.45, 7) is 1.30. The number of anilines is 1. The number of ether oxygens (including phenoxy) is 1. The second kappa shape index (κ2) is 17.6. The summed E-state index contributed by atoms with van der Waals surface area (Å²) in [6.07, 6.45) is 5.75. The van der Waals surface area contributed by atoms with Crippen molar-refractivity contribution in [3.8, 4) is 45.8 Å². The molecule has 0 radical (unpaired) electrons. The van der Waals surface area contributed by atoms with Gasteiger partial charge in [-0.25, -0.2) is 37.5 Å². The Hall–Kier alpha value is -6.83. The molecule has 1 saturated heterocycles. The summed E-state index contributed by atoms with van der Waals surface area (Å²) < 4.78 is 74.2. The highest BCUT2D eigenvalue weighted by Crippen LogP contribution is 2.28. The molecule has 60 heavy (non-hydrogen) atoms. The molecule has 0 amide bonds. The lowest BCUT2D eigenvalue weighted by Crippen LogP contribution is -2.42. The van der Waals surface area contributed by atoms with E-state index in [2.05, 4.69) is 45.8 Å². The molecule has 0 unspecified atom stereocenters. The highest BCUT2D eigenvalue weighted by molar-refractivity contribution is 6.29. The lowest BCUT2D eigenvalue weighted by atomic mass is 9.94. The van der Waals surface area contributed by atoms with Crippen molar-refractivity contribution >= 4 is 17.4 Å². The molecule has 15 nitrogen and oxygen atoms in total. The Balaban J connectivity index is 0.000000172. The van der Waals surface area contributed by atoms with E-state index in [1.165, 1.54) is 24.7 Å². The normalized spacial score (nSPS) is 13.5. The zero-order valence-corrected chi connectivity index (χ0v) is 32.0. The van der Waals surface area contributed by atoms with Gasteiger partial charge in [-0.3, -0.25) is 9.36 Å². The number of nitrogens with zero attached hydrogens (tertiary/aromatic N) is 10. The fourth-order valence-corrected chi connectivity index (χ4v) is 6.36. The van der Waals surface area contributed by atoms with E-state index in [1.807, 2.05) is 0 Å². The number of hydrogen-bond acceptors (Lipinski definition) is 13. The third-order valence-corrected chi connectivity index (χ3v) is 9.69. The lowest BCUT2D eigenvalue weighted by molar-refractivity contribution is -0.0544. The van der Waals surface area contributed by atoms with Gasteiger partial charge in [-0.2, -0.15) is 10.2 Å². The van der Waals surface area contributed by atoms with Crippen LogP contribution < -0.4 is 5.32 Å². The quantitative estimate of drug-likeness (QED) is 0.0983. The summed E-state index contributed by atoms with van der Waals surface area (Å²) in [5, 5.41) is 30.0. The van der Waals surface area contributed by atoms with E-state index in [0.717, 1.165) is 12.4 Å². The molecular formula is C40H32ClF4N11O4. The van der Waals surface area contributed by atoms with Gasteiger partial charge in [0.15, 0.2) is 34.3 Å². The minimum Gasteiger partial charge on any atom is -0.388 e. The summed E-state index contributed by atoms with van der Waals surface area (Å²) >= 11 is 5.72. The van der Waals surface area contributed by atoms with E-state index >= 15 is 0 Å². The maximum atomic E-state index is 14.4. The van der Waals surface area contributed by atoms with Crippen LogP contribution in [0.4, 0.5) is 23.4 Å². The highest BCUT2D eigenvalue weighted by atomic mass is 35.5. The van der Waals surface area contributed by atoms with Gasteiger partial charge in [0, 0.05) is 55.9 Å². The van der Waals surface area contributed by atoms with Crippen LogP contribution in [0.1, 0.15) is 24.0 Å². The SMILES string of the molecule is Fc1ccccc1Cn1nc(-c2ncc(F)c(Cl)n2)cc1-c1ccon1.OC1(CNc2nc(-c3cc(-c4ccon4)n(Cc4ccccc4F)n3)ncc2F)CCOCC1. The third kappa shape index (κ3) is 9.07. The van der Waals surface area contributed by atoms with Gasteiger partial charge in [-0.1, -0.05) is 58.3 Å². The number of hydrogen-bond donors (Lipinski definition) is 2. The fourth-order valence-electron chi connectivity index (χ4n) is 6.23. The molecule has 0 atom stereocenters. The van der Waals surface area contributed by atoms with Crippen molar-refractivity contribution in [1.82, 2.24) is 49.8 Å². The van der Waals surface area contributed by atoms with Gasteiger partial charge >= 0.3 is 0 Å². The van der Waals surface area contributed by atoms with Crippen LogP contribution in [0.2, 0.25) is 5.15 Å².